The van der Waals surface area contributed by atoms with Gasteiger partial charge >= 0.3 is 0 Å². The third-order valence-electron chi connectivity index (χ3n) is 4.74. The Hall–Kier alpha value is -2.93. The first-order chi connectivity index (χ1) is 12.4. The van der Waals surface area contributed by atoms with Crippen molar-refractivity contribution >= 4 is 16.9 Å². The summed E-state index contributed by atoms with van der Waals surface area (Å²) in [5.41, 5.74) is 8.34. The molecule has 3 aromatic rings. The topological polar surface area (TPSA) is 92.3 Å². The monoisotopic (exact) mass is 352 g/mol. The fourth-order valence-electron chi connectivity index (χ4n) is 3.42. The number of rotatable bonds is 2. The lowest BCUT2D eigenvalue weighted by atomic mass is 9.90. The van der Waals surface area contributed by atoms with Gasteiger partial charge in [-0.3, -0.25) is 9.36 Å². The lowest BCUT2D eigenvalue weighted by molar-refractivity contribution is -0.0403. The van der Waals surface area contributed by atoms with Gasteiger partial charge in [-0.2, -0.15) is 0 Å². The van der Waals surface area contributed by atoms with Crippen molar-refractivity contribution in [1.29, 1.82) is 0 Å². The third-order valence-corrected chi connectivity index (χ3v) is 4.74. The van der Waals surface area contributed by atoms with E-state index in [9.17, 15) is 4.79 Å². The molecule has 0 atom stereocenters. The van der Waals surface area contributed by atoms with Crippen LogP contribution in [0, 0.1) is 0 Å². The molecule has 1 aromatic carbocycles. The summed E-state index contributed by atoms with van der Waals surface area (Å²) in [5, 5.41) is 0.717. The Morgan fingerprint density at radius 3 is 2.62 bits per heavy atom. The maximum Gasteiger partial charge on any atom is 0.262 e. The molecule has 7 heteroatoms. The Morgan fingerprint density at radius 1 is 1.19 bits per heavy atom. The lowest BCUT2D eigenvalue weighted by Crippen LogP contribution is -2.37. The van der Waals surface area contributed by atoms with Crippen LogP contribution in [-0.4, -0.2) is 27.2 Å². The third kappa shape index (κ3) is 2.52. The van der Waals surface area contributed by atoms with E-state index in [1.165, 1.54) is 6.33 Å². The molecule has 7 nitrogen and oxygen atoms in total. The molecule has 0 unspecified atom stereocenters. The minimum atomic E-state index is -0.374. The first kappa shape index (κ1) is 16.5. The summed E-state index contributed by atoms with van der Waals surface area (Å²) in [5.74, 6) is 1.08. The number of nitrogen functional groups attached to an aromatic ring is 1. The molecule has 26 heavy (non-hydrogen) atoms. The second-order valence-corrected chi connectivity index (χ2v) is 6.98. The zero-order chi connectivity index (χ0) is 18.5. The minimum Gasteiger partial charge on any atom is -0.497 e. The van der Waals surface area contributed by atoms with Gasteiger partial charge in [0.2, 0.25) is 0 Å². The number of hydrogen-bond acceptors (Lipinski definition) is 6. The molecule has 0 fully saturated rings. The number of hydrogen-bond donors (Lipinski definition) is 1. The molecule has 2 N–H and O–H groups in total. The molecule has 3 heterocycles. The van der Waals surface area contributed by atoms with Gasteiger partial charge in [0.25, 0.3) is 5.56 Å². The molecule has 0 aliphatic carbocycles. The van der Waals surface area contributed by atoms with Crippen LogP contribution in [0.1, 0.15) is 25.0 Å². The van der Waals surface area contributed by atoms with E-state index in [1.54, 1.807) is 23.8 Å². The van der Waals surface area contributed by atoms with E-state index in [4.69, 9.17) is 15.2 Å². The minimum absolute atomic E-state index is 0.147. The molecule has 1 aliphatic rings. The molecule has 0 amide bonds. The summed E-state index contributed by atoms with van der Waals surface area (Å²) in [7, 11) is 1.60. The number of fused-ring (bicyclic) bond motifs is 3. The largest absolute Gasteiger partial charge is 0.497 e. The highest BCUT2D eigenvalue weighted by Gasteiger charge is 2.31. The zero-order valence-electron chi connectivity index (χ0n) is 14.9. The van der Waals surface area contributed by atoms with E-state index < -0.39 is 0 Å². The first-order valence-corrected chi connectivity index (χ1v) is 8.36. The highest BCUT2D eigenvalue weighted by molar-refractivity contribution is 5.90. The maximum atomic E-state index is 13.3. The van der Waals surface area contributed by atoms with Gasteiger partial charge in [-0.1, -0.05) is 0 Å². The van der Waals surface area contributed by atoms with Gasteiger partial charge in [0.05, 0.1) is 30.4 Å². The summed E-state index contributed by atoms with van der Waals surface area (Å²) >= 11 is 0. The SMILES string of the molecule is COc1ccc(-n2c(=O)c3c(c4c(N)ncnc42)CC(C)(C)OC3)cc1. The fraction of sp³-hybridized carbons (Fsp3) is 0.316. The molecule has 1 aliphatic heterocycles. The van der Waals surface area contributed by atoms with Crippen molar-refractivity contribution in [2.24, 2.45) is 0 Å². The Bertz CT molecular complexity index is 1060. The van der Waals surface area contributed by atoms with Crippen LogP contribution < -0.4 is 16.0 Å². The molecule has 0 spiro atoms. The Kier molecular flexibility index (Phi) is 3.69. The number of nitrogens with zero attached hydrogens (tertiary/aromatic N) is 3. The zero-order valence-corrected chi connectivity index (χ0v) is 14.9. The quantitative estimate of drug-likeness (QED) is 0.760. The Labute approximate surface area is 150 Å². The van der Waals surface area contributed by atoms with Crippen LogP contribution in [-0.2, 0) is 17.8 Å². The Balaban J connectivity index is 2.07. The van der Waals surface area contributed by atoms with Crippen molar-refractivity contribution in [3.05, 3.63) is 52.1 Å². The standard InChI is InChI=1S/C19H20N4O3/c1-19(2)8-13-14(9-26-19)18(24)23(11-4-6-12(25-3)7-5-11)17-15(13)16(20)21-10-22-17/h4-7,10H,8-9H2,1-3H3,(H2,20,21,22). The van der Waals surface area contributed by atoms with Crippen molar-refractivity contribution < 1.29 is 9.47 Å². The van der Waals surface area contributed by atoms with Crippen molar-refractivity contribution in [2.45, 2.75) is 32.5 Å². The number of aromatic nitrogens is 3. The van der Waals surface area contributed by atoms with Crippen molar-refractivity contribution in [1.82, 2.24) is 14.5 Å². The van der Waals surface area contributed by atoms with Gasteiger partial charge in [0, 0.05) is 12.0 Å². The predicted octanol–water partition coefficient (Wildman–Crippen LogP) is 2.22. The number of nitrogens with two attached hydrogens (primary N) is 1. The second kappa shape index (κ2) is 5.81. The maximum absolute atomic E-state index is 13.3. The summed E-state index contributed by atoms with van der Waals surface area (Å²) < 4.78 is 12.6. The predicted molar refractivity (Wildman–Crippen MR) is 98.7 cm³/mol. The van der Waals surface area contributed by atoms with E-state index in [0.717, 1.165) is 5.56 Å². The number of anilines is 1. The first-order valence-electron chi connectivity index (χ1n) is 8.36. The van der Waals surface area contributed by atoms with Crippen LogP contribution >= 0.6 is 0 Å². The summed E-state index contributed by atoms with van der Waals surface area (Å²) in [6, 6.07) is 7.24. The van der Waals surface area contributed by atoms with E-state index in [2.05, 4.69) is 9.97 Å². The van der Waals surface area contributed by atoms with E-state index >= 15 is 0 Å². The van der Waals surface area contributed by atoms with E-state index in [1.807, 2.05) is 26.0 Å². The summed E-state index contributed by atoms with van der Waals surface area (Å²) in [6.07, 6.45) is 1.96. The molecule has 0 bridgehead atoms. The molecule has 0 saturated heterocycles. The number of methoxy groups -OCH3 is 1. The summed E-state index contributed by atoms with van der Waals surface area (Å²) in [4.78, 5) is 21.8. The normalized spacial score (nSPS) is 15.7. The van der Waals surface area contributed by atoms with Gasteiger partial charge in [-0.15, -0.1) is 0 Å². The van der Waals surface area contributed by atoms with Crippen LogP contribution in [0.2, 0.25) is 0 Å². The van der Waals surface area contributed by atoms with Gasteiger partial charge in [0.15, 0.2) is 5.65 Å². The fourth-order valence-corrected chi connectivity index (χ4v) is 3.42. The molecule has 2 aromatic heterocycles. The number of pyridine rings is 1. The van der Waals surface area contributed by atoms with Crippen LogP contribution in [0.4, 0.5) is 5.82 Å². The van der Waals surface area contributed by atoms with Gasteiger partial charge in [-0.05, 0) is 43.7 Å². The average molecular weight is 352 g/mol. The van der Waals surface area contributed by atoms with Gasteiger partial charge in [-0.25, -0.2) is 9.97 Å². The second-order valence-electron chi connectivity index (χ2n) is 6.98. The van der Waals surface area contributed by atoms with Crippen molar-refractivity contribution in [2.75, 3.05) is 12.8 Å². The van der Waals surface area contributed by atoms with Crippen LogP contribution in [0.15, 0.2) is 35.4 Å². The van der Waals surface area contributed by atoms with Crippen LogP contribution in [0.5, 0.6) is 5.75 Å². The summed E-state index contributed by atoms with van der Waals surface area (Å²) in [6.45, 7) is 4.23. The number of ether oxygens (including phenoxy) is 2. The molecular formula is C19H20N4O3. The van der Waals surface area contributed by atoms with Crippen LogP contribution in [0.25, 0.3) is 16.7 Å². The lowest BCUT2D eigenvalue weighted by Gasteiger charge is -2.32. The molecule has 0 saturated carbocycles. The van der Waals surface area contributed by atoms with Gasteiger partial charge in [0.1, 0.15) is 17.9 Å². The highest BCUT2D eigenvalue weighted by Crippen LogP contribution is 2.33. The molecule has 4 rings (SSSR count). The molecule has 0 radical (unpaired) electrons. The van der Waals surface area contributed by atoms with Crippen molar-refractivity contribution in [3.8, 4) is 11.4 Å². The molecule has 134 valence electrons. The average Bonchev–Trinajstić information content (AvgIpc) is 2.61. The van der Waals surface area contributed by atoms with E-state index in [0.29, 0.717) is 40.3 Å². The molecular weight excluding hydrogens is 332 g/mol. The Morgan fingerprint density at radius 2 is 1.92 bits per heavy atom. The van der Waals surface area contributed by atoms with Crippen LogP contribution in [0.3, 0.4) is 0 Å². The number of benzene rings is 1. The van der Waals surface area contributed by atoms with E-state index in [-0.39, 0.29) is 17.8 Å². The van der Waals surface area contributed by atoms with Crippen molar-refractivity contribution in [3.63, 3.8) is 0 Å². The smallest absolute Gasteiger partial charge is 0.262 e. The highest BCUT2D eigenvalue weighted by atomic mass is 16.5. The van der Waals surface area contributed by atoms with Gasteiger partial charge < -0.3 is 15.2 Å².